The van der Waals surface area contributed by atoms with E-state index in [4.69, 9.17) is 0 Å². The highest BCUT2D eigenvalue weighted by Gasteiger charge is 2.19. The Kier molecular flexibility index (Phi) is 4.96. The van der Waals surface area contributed by atoms with Gasteiger partial charge in [0.15, 0.2) is 0 Å². The normalized spacial score (nSPS) is 10.5. The summed E-state index contributed by atoms with van der Waals surface area (Å²) in [5, 5.41) is 7.66. The second-order valence-corrected chi connectivity index (χ2v) is 7.42. The van der Waals surface area contributed by atoms with Crippen LogP contribution in [-0.4, -0.2) is 35.8 Å². The Balaban J connectivity index is 1.88. The molecule has 2 amide bonds. The summed E-state index contributed by atoms with van der Waals surface area (Å²) < 4.78 is 0. The molecule has 0 saturated heterocycles. The fraction of sp³-hybridized carbons (Fsp3) is 0.167. The van der Waals surface area contributed by atoms with Crippen molar-refractivity contribution in [3.8, 4) is 10.6 Å². The second kappa shape index (κ2) is 7.16. The van der Waals surface area contributed by atoms with Crippen molar-refractivity contribution >= 4 is 40.2 Å². The molecule has 0 saturated carbocycles. The predicted molar refractivity (Wildman–Crippen MR) is 103 cm³/mol. The summed E-state index contributed by atoms with van der Waals surface area (Å²) in [6, 6.07) is 8.98. The summed E-state index contributed by atoms with van der Waals surface area (Å²) in [5.41, 5.74) is 2.65. The highest BCUT2D eigenvalue weighted by Crippen LogP contribution is 2.30. The summed E-state index contributed by atoms with van der Waals surface area (Å²) >= 11 is 2.95. The zero-order valence-corrected chi connectivity index (χ0v) is 15.7. The minimum Gasteiger partial charge on any atom is -0.345 e. The number of rotatable bonds is 4. The first-order chi connectivity index (χ1) is 12.0. The van der Waals surface area contributed by atoms with Gasteiger partial charge in [-0.2, -0.15) is 11.3 Å². The fourth-order valence-electron chi connectivity index (χ4n) is 2.32. The molecule has 128 valence electrons. The van der Waals surface area contributed by atoms with E-state index in [2.05, 4.69) is 10.3 Å². The van der Waals surface area contributed by atoms with Crippen LogP contribution < -0.4 is 5.32 Å². The fourth-order valence-corrected chi connectivity index (χ4v) is 3.99. The highest BCUT2D eigenvalue weighted by atomic mass is 32.1. The van der Waals surface area contributed by atoms with Crippen LogP contribution in [0, 0.1) is 6.92 Å². The molecule has 2 aromatic heterocycles. The van der Waals surface area contributed by atoms with Gasteiger partial charge in [-0.15, -0.1) is 11.3 Å². The maximum absolute atomic E-state index is 12.7. The van der Waals surface area contributed by atoms with Gasteiger partial charge >= 0.3 is 0 Å². The van der Waals surface area contributed by atoms with Gasteiger partial charge in [0.1, 0.15) is 9.88 Å². The third-order valence-electron chi connectivity index (χ3n) is 3.58. The lowest BCUT2D eigenvalue weighted by atomic mass is 10.1. The molecule has 0 aliphatic heterocycles. The van der Waals surface area contributed by atoms with Gasteiger partial charge in [-0.05, 0) is 30.5 Å². The molecule has 0 spiro atoms. The number of nitrogens with one attached hydrogen (secondary N) is 1. The number of hydrogen-bond acceptors (Lipinski definition) is 5. The molecule has 3 rings (SSSR count). The molecule has 0 fully saturated rings. The van der Waals surface area contributed by atoms with Crippen molar-refractivity contribution < 1.29 is 9.59 Å². The Hall–Kier alpha value is -2.51. The molecule has 0 unspecified atom stereocenters. The van der Waals surface area contributed by atoms with E-state index < -0.39 is 0 Å². The Labute approximate surface area is 154 Å². The number of amides is 2. The van der Waals surface area contributed by atoms with Crippen molar-refractivity contribution in [3.05, 3.63) is 57.2 Å². The maximum atomic E-state index is 12.7. The molecule has 1 N–H and O–H groups in total. The Morgan fingerprint density at radius 2 is 1.92 bits per heavy atom. The van der Waals surface area contributed by atoms with Gasteiger partial charge in [-0.3, -0.25) is 9.59 Å². The summed E-state index contributed by atoms with van der Waals surface area (Å²) in [7, 11) is 3.36. The summed E-state index contributed by atoms with van der Waals surface area (Å²) in [4.78, 5) is 31.5. The molecule has 7 heteroatoms. The summed E-state index contributed by atoms with van der Waals surface area (Å²) in [6.07, 6.45) is 0. The largest absolute Gasteiger partial charge is 0.345 e. The first-order valence-corrected chi connectivity index (χ1v) is 9.35. The van der Waals surface area contributed by atoms with Crippen LogP contribution in [0.15, 0.2) is 41.1 Å². The van der Waals surface area contributed by atoms with E-state index in [-0.39, 0.29) is 11.8 Å². The number of hydrogen-bond donors (Lipinski definition) is 1. The molecule has 2 heterocycles. The number of thiazole rings is 1. The van der Waals surface area contributed by atoms with Crippen molar-refractivity contribution in [2.75, 3.05) is 19.4 Å². The standard InChI is InChI=1S/C18H17N3O2S2/c1-11-15(25-17(19-11)12-8-9-24-10-12)16(22)20-14-7-5-4-6-13(14)18(23)21(2)3/h4-10H,1-3H3,(H,20,22). The number of nitrogens with zero attached hydrogens (tertiary/aromatic N) is 2. The van der Waals surface area contributed by atoms with Gasteiger partial charge in [0.2, 0.25) is 0 Å². The maximum Gasteiger partial charge on any atom is 0.267 e. The van der Waals surface area contributed by atoms with Crippen LogP contribution in [0.2, 0.25) is 0 Å². The molecular weight excluding hydrogens is 354 g/mol. The van der Waals surface area contributed by atoms with Gasteiger partial charge in [0, 0.05) is 25.0 Å². The zero-order valence-electron chi connectivity index (χ0n) is 14.1. The van der Waals surface area contributed by atoms with Gasteiger partial charge in [-0.25, -0.2) is 4.98 Å². The molecule has 0 bridgehead atoms. The average Bonchev–Trinajstić information content (AvgIpc) is 3.24. The van der Waals surface area contributed by atoms with Gasteiger partial charge < -0.3 is 10.2 Å². The SMILES string of the molecule is Cc1nc(-c2ccsc2)sc1C(=O)Nc1ccccc1C(=O)N(C)C. The number of carbonyl (C=O) groups excluding carboxylic acids is 2. The Morgan fingerprint density at radius 3 is 2.60 bits per heavy atom. The van der Waals surface area contributed by atoms with Crippen LogP contribution in [0.1, 0.15) is 25.7 Å². The van der Waals surface area contributed by atoms with E-state index in [1.165, 1.54) is 16.2 Å². The number of benzene rings is 1. The molecule has 5 nitrogen and oxygen atoms in total. The molecule has 0 atom stereocenters. The number of para-hydroxylation sites is 1. The lowest BCUT2D eigenvalue weighted by Gasteiger charge is -2.14. The number of carbonyl (C=O) groups is 2. The van der Waals surface area contributed by atoms with E-state index in [0.29, 0.717) is 21.8 Å². The minimum atomic E-state index is -0.254. The molecule has 0 radical (unpaired) electrons. The number of thiophene rings is 1. The van der Waals surface area contributed by atoms with Crippen LogP contribution in [-0.2, 0) is 0 Å². The third-order valence-corrected chi connectivity index (χ3v) is 5.47. The number of anilines is 1. The van der Waals surface area contributed by atoms with E-state index in [1.807, 2.05) is 23.8 Å². The van der Waals surface area contributed by atoms with Crippen LogP contribution in [0.25, 0.3) is 10.6 Å². The van der Waals surface area contributed by atoms with E-state index in [1.54, 1.807) is 49.7 Å². The lowest BCUT2D eigenvalue weighted by molar-refractivity contribution is 0.0828. The van der Waals surface area contributed by atoms with Crippen LogP contribution in [0.4, 0.5) is 5.69 Å². The Bertz CT molecular complexity index is 914. The van der Waals surface area contributed by atoms with Crippen LogP contribution in [0.5, 0.6) is 0 Å². The second-order valence-electron chi connectivity index (χ2n) is 5.64. The van der Waals surface area contributed by atoms with Crippen molar-refractivity contribution in [1.29, 1.82) is 0 Å². The lowest BCUT2D eigenvalue weighted by Crippen LogP contribution is -2.24. The first kappa shape index (κ1) is 17.3. The Morgan fingerprint density at radius 1 is 1.16 bits per heavy atom. The average molecular weight is 371 g/mol. The molecule has 1 aromatic carbocycles. The van der Waals surface area contributed by atoms with Crippen LogP contribution in [0.3, 0.4) is 0 Å². The van der Waals surface area contributed by atoms with Crippen molar-refractivity contribution in [2.45, 2.75) is 6.92 Å². The van der Waals surface area contributed by atoms with Crippen molar-refractivity contribution in [1.82, 2.24) is 9.88 Å². The smallest absolute Gasteiger partial charge is 0.267 e. The van der Waals surface area contributed by atoms with E-state index in [0.717, 1.165) is 10.6 Å². The van der Waals surface area contributed by atoms with Gasteiger partial charge in [0.25, 0.3) is 11.8 Å². The zero-order chi connectivity index (χ0) is 18.0. The molecular formula is C18H17N3O2S2. The monoisotopic (exact) mass is 371 g/mol. The minimum absolute atomic E-state index is 0.157. The van der Waals surface area contributed by atoms with Crippen molar-refractivity contribution in [2.24, 2.45) is 0 Å². The first-order valence-electron chi connectivity index (χ1n) is 7.59. The number of aromatic nitrogens is 1. The van der Waals surface area contributed by atoms with E-state index >= 15 is 0 Å². The molecule has 3 aromatic rings. The highest BCUT2D eigenvalue weighted by molar-refractivity contribution is 7.17. The van der Waals surface area contributed by atoms with Crippen LogP contribution >= 0.6 is 22.7 Å². The van der Waals surface area contributed by atoms with E-state index in [9.17, 15) is 9.59 Å². The summed E-state index contributed by atoms with van der Waals surface area (Å²) in [6.45, 7) is 1.82. The topological polar surface area (TPSA) is 62.3 Å². The predicted octanol–water partition coefficient (Wildman–Crippen LogP) is 4.13. The number of aryl methyl sites for hydroxylation is 1. The molecule has 0 aliphatic carbocycles. The quantitative estimate of drug-likeness (QED) is 0.750. The molecule has 0 aliphatic rings. The molecule has 25 heavy (non-hydrogen) atoms. The van der Waals surface area contributed by atoms with Crippen molar-refractivity contribution in [3.63, 3.8) is 0 Å². The van der Waals surface area contributed by atoms with Gasteiger partial charge in [-0.1, -0.05) is 12.1 Å². The third kappa shape index (κ3) is 3.62. The van der Waals surface area contributed by atoms with Gasteiger partial charge in [0.05, 0.1) is 16.9 Å². The summed E-state index contributed by atoms with van der Waals surface area (Å²) in [5.74, 6) is -0.411.